The van der Waals surface area contributed by atoms with E-state index in [4.69, 9.17) is 0 Å². The van der Waals surface area contributed by atoms with E-state index >= 15 is 0 Å². The Morgan fingerprint density at radius 2 is 2.33 bits per heavy atom. The highest BCUT2D eigenvalue weighted by Crippen LogP contribution is 2.10. The van der Waals surface area contributed by atoms with Crippen molar-refractivity contribution < 1.29 is 4.79 Å². The predicted octanol–water partition coefficient (Wildman–Crippen LogP) is 2.03. The third-order valence-electron chi connectivity index (χ3n) is 3.22. The van der Waals surface area contributed by atoms with Crippen LogP contribution in [0.15, 0.2) is 24.3 Å². The van der Waals surface area contributed by atoms with Crippen LogP contribution in [0.4, 0.5) is 0 Å². The summed E-state index contributed by atoms with van der Waals surface area (Å²) in [7, 11) is 0. The number of benzene rings is 1. The molecule has 0 aliphatic carbocycles. The average Bonchev–Trinajstić information content (AvgIpc) is 2.37. The number of carbonyl (C=O) groups excluding carboxylic acids is 1. The number of halogens is 1. The number of hydrogen-bond donors (Lipinski definition) is 2. The first-order chi connectivity index (χ1) is 8.25. The Balaban J connectivity index is 0.00000162. The maximum atomic E-state index is 11.9. The van der Waals surface area contributed by atoms with Gasteiger partial charge in [0.1, 0.15) is 0 Å². The number of piperidine rings is 1. The molecule has 0 saturated carbocycles. The number of nitrogens with one attached hydrogen (secondary N) is 2. The van der Waals surface area contributed by atoms with Crippen LogP contribution < -0.4 is 10.6 Å². The van der Waals surface area contributed by atoms with E-state index in [1.165, 1.54) is 11.1 Å². The molecule has 0 radical (unpaired) electrons. The van der Waals surface area contributed by atoms with E-state index in [1.807, 2.05) is 12.1 Å². The second-order valence-corrected chi connectivity index (χ2v) is 4.75. The van der Waals surface area contributed by atoms with Gasteiger partial charge < -0.3 is 10.6 Å². The van der Waals surface area contributed by atoms with Crippen molar-refractivity contribution >= 4 is 18.3 Å². The Morgan fingerprint density at radius 3 is 3.00 bits per heavy atom. The summed E-state index contributed by atoms with van der Waals surface area (Å²) in [5.74, 6) is 0.326. The first-order valence-electron chi connectivity index (χ1n) is 6.29. The summed E-state index contributed by atoms with van der Waals surface area (Å²) in [5, 5.41) is 6.28. The summed E-state index contributed by atoms with van der Waals surface area (Å²) in [5.41, 5.74) is 2.40. The van der Waals surface area contributed by atoms with Gasteiger partial charge in [-0.15, -0.1) is 12.4 Å². The lowest BCUT2D eigenvalue weighted by molar-refractivity contribution is -0.125. The summed E-state index contributed by atoms with van der Waals surface area (Å²) < 4.78 is 0. The Kier molecular flexibility index (Phi) is 6.16. The highest BCUT2D eigenvalue weighted by molar-refractivity contribution is 5.85. The van der Waals surface area contributed by atoms with Gasteiger partial charge in [0.15, 0.2) is 0 Å². The number of rotatable bonds is 3. The normalized spacial score (nSPS) is 18.8. The molecule has 1 amide bonds. The number of hydrogen-bond acceptors (Lipinski definition) is 2. The van der Waals surface area contributed by atoms with Crippen molar-refractivity contribution in [1.29, 1.82) is 0 Å². The van der Waals surface area contributed by atoms with Gasteiger partial charge >= 0.3 is 0 Å². The molecule has 0 bridgehead atoms. The number of carbonyl (C=O) groups is 1. The second-order valence-electron chi connectivity index (χ2n) is 4.75. The molecule has 1 aromatic carbocycles. The molecule has 1 atom stereocenters. The third-order valence-corrected chi connectivity index (χ3v) is 3.22. The standard InChI is InChI=1S/C14H20N2O.ClH/c1-11-4-2-5-12(8-11)9-16-14(17)13-6-3-7-15-10-13;/h2,4-5,8,13,15H,3,6-7,9-10H2,1H3,(H,16,17);1H/t13-;/m1./s1. The molecule has 4 heteroatoms. The Labute approximate surface area is 115 Å². The second kappa shape index (κ2) is 7.39. The molecule has 1 saturated heterocycles. The topological polar surface area (TPSA) is 41.1 Å². The molecule has 1 aromatic rings. The zero-order valence-electron chi connectivity index (χ0n) is 10.7. The van der Waals surface area contributed by atoms with Gasteiger partial charge in [-0.05, 0) is 31.9 Å². The first-order valence-corrected chi connectivity index (χ1v) is 6.29. The summed E-state index contributed by atoms with van der Waals surface area (Å²) in [6.45, 7) is 4.56. The summed E-state index contributed by atoms with van der Waals surface area (Å²) in [6.07, 6.45) is 2.11. The maximum Gasteiger partial charge on any atom is 0.224 e. The van der Waals surface area contributed by atoms with Crippen LogP contribution in [0.2, 0.25) is 0 Å². The SMILES string of the molecule is Cc1cccc(CNC(=O)[C@@H]2CCCNC2)c1.Cl. The summed E-state index contributed by atoms with van der Waals surface area (Å²) in [6, 6.07) is 8.25. The molecule has 0 aromatic heterocycles. The molecule has 2 rings (SSSR count). The van der Waals surface area contributed by atoms with Crippen molar-refractivity contribution in [3.8, 4) is 0 Å². The van der Waals surface area contributed by atoms with Gasteiger partial charge in [0, 0.05) is 13.1 Å². The van der Waals surface area contributed by atoms with Crippen LogP contribution in [-0.2, 0) is 11.3 Å². The molecule has 0 spiro atoms. The van der Waals surface area contributed by atoms with E-state index in [0.29, 0.717) is 6.54 Å². The largest absolute Gasteiger partial charge is 0.352 e. The predicted molar refractivity (Wildman–Crippen MR) is 75.9 cm³/mol. The molecule has 1 aliphatic heterocycles. The van der Waals surface area contributed by atoms with E-state index in [-0.39, 0.29) is 24.2 Å². The molecule has 0 unspecified atom stereocenters. The van der Waals surface area contributed by atoms with Crippen molar-refractivity contribution in [2.75, 3.05) is 13.1 Å². The van der Waals surface area contributed by atoms with Crippen LogP contribution >= 0.6 is 12.4 Å². The maximum absolute atomic E-state index is 11.9. The Morgan fingerprint density at radius 1 is 1.50 bits per heavy atom. The summed E-state index contributed by atoms with van der Waals surface area (Å²) in [4.78, 5) is 11.9. The molecule has 2 N–H and O–H groups in total. The van der Waals surface area contributed by atoms with Gasteiger partial charge in [0.2, 0.25) is 5.91 Å². The minimum absolute atomic E-state index is 0. The van der Waals surface area contributed by atoms with Crippen LogP contribution in [0.25, 0.3) is 0 Å². The fourth-order valence-corrected chi connectivity index (χ4v) is 2.23. The highest BCUT2D eigenvalue weighted by atomic mass is 35.5. The highest BCUT2D eigenvalue weighted by Gasteiger charge is 2.20. The lowest BCUT2D eigenvalue weighted by atomic mass is 9.99. The molecular weight excluding hydrogens is 248 g/mol. The van der Waals surface area contributed by atoms with E-state index in [1.54, 1.807) is 0 Å². The van der Waals surface area contributed by atoms with Gasteiger partial charge in [0.25, 0.3) is 0 Å². The zero-order valence-corrected chi connectivity index (χ0v) is 11.6. The number of amides is 1. The Hall–Kier alpha value is -1.06. The van der Waals surface area contributed by atoms with Crippen molar-refractivity contribution in [2.45, 2.75) is 26.3 Å². The fourth-order valence-electron chi connectivity index (χ4n) is 2.23. The van der Waals surface area contributed by atoms with Gasteiger partial charge in [-0.3, -0.25) is 4.79 Å². The fraction of sp³-hybridized carbons (Fsp3) is 0.500. The van der Waals surface area contributed by atoms with Crippen LogP contribution in [0.1, 0.15) is 24.0 Å². The molecule has 3 nitrogen and oxygen atoms in total. The van der Waals surface area contributed by atoms with Crippen molar-refractivity contribution in [2.24, 2.45) is 5.92 Å². The van der Waals surface area contributed by atoms with Gasteiger partial charge in [-0.2, -0.15) is 0 Å². The molecule has 100 valence electrons. The minimum Gasteiger partial charge on any atom is -0.352 e. The smallest absolute Gasteiger partial charge is 0.224 e. The molecule has 1 heterocycles. The third kappa shape index (κ3) is 4.31. The lowest BCUT2D eigenvalue weighted by Gasteiger charge is -2.21. The van der Waals surface area contributed by atoms with Crippen molar-refractivity contribution in [3.63, 3.8) is 0 Å². The quantitative estimate of drug-likeness (QED) is 0.881. The first kappa shape index (κ1) is 15.0. The minimum atomic E-state index is 0. The van der Waals surface area contributed by atoms with Crippen molar-refractivity contribution in [1.82, 2.24) is 10.6 Å². The van der Waals surface area contributed by atoms with E-state index in [2.05, 4.69) is 29.7 Å². The monoisotopic (exact) mass is 268 g/mol. The molecule has 18 heavy (non-hydrogen) atoms. The Bertz CT molecular complexity index is 389. The molecular formula is C14H21ClN2O. The van der Waals surface area contributed by atoms with Crippen LogP contribution in [-0.4, -0.2) is 19.0 Å². The van der Waals surface area contributed by atoms with Gasteiger partial charge in [-0.25, -0.2) is 0 Å². The number of aryl methyl sites for hydroxylation is 1. The van der Waals surface area contributed by atoms with E-state index < -0.39 is 0 Å². The van der Waals surface area contributed by atoms with Crippen LogP contribution in [0.3, 0.4) is 0 Å². The van der Waals surface area contributed by atoms with Crippen LogP contribution in [0.5, 0.6) is 0 Å². The molecule has 1 aliphatic rings. The summed E-state index contributed by atoms with van der Waals surface area (Å²) >= 11 is 0. The average molecular weight is 269 g/mol. The van der Waals surface area contributed by atoms with E-state index in [9.17, 15) is 4.79 Å². The van der Waals surface area contributed by atoms with Gasteiger partial charge in [-0.1, -0.05) is 29.8 Å². The van der Waals surface area contributed by atoms with Gasteiger partial charge in [0.05, 0.1) is 5.92 Å². The lowest BCUT2D eigenvalue weighted by Crippen LogP contribution is -2.40. The molecule has 1 fully saturated rings. The van der Waals surface area contributed by atoms with Crippen LogP contribution in [0, 0.1) is 12.8 Å². The zero-order chi connectivity index (χ0) is 12.1. The van der Waals surface area contributed by atoms with E-state index in [0.717, 1.165) is 25.9 Å². The van der Waals surface area contributed by atoms with Crippen molar-refractivity contribution in [3.05, 3.63) is 35.4 Å².